The van der Waals surface area contributed by atoms with Crippen molar-refractivity contribution in [1.82, 2.24) is 5.32 Å². The lowest BCUT2D eigenvalue weighted by molar-refractivity contribution is 0.0921. The second-order valence-corrected chi connectivity index (χ2v) is 5.49. The van der Waals surface area contributed by atoms with Gasteiger partial charge in [-0.3, -0.25) is 4.79 Å². The van der Waals surface area contributed by atoms with Crippen LogP contribution in [0.5, 0.6) is 0 Å². The Labute approximate surface area is 114 Å². The first kappa shape index (κ1) is 14.0. The van der Waals surface area contributed by atoms with Gasteiger partial charge in [-0.15, -0.1) is 0 Å². The Morgan fingerprint density at radius 3 is 2.42 bits per heavy atom. The molecule has 1 N–H and O–H groups in total. The van der Waals surface area contributed by atoms with Crippen LogP contribution in [-0.4, -0.2) is 11.9 Å². The summed E-state index contributed by atoms with van der Waals surface area (Å²) in [6, 6.07) is 6.01. The topological polar surface area (TPSA) is 29.1 Å². The van der Waals surface area contributed by atoms with E-state index in [2.05, 4.69) is 12.2 Å². The van der Waals surface area contributed by atoms with E-state index in [0.29, 0.717) is 5.56 Å². The van der Waals surface area contributed by atoms with E-state index in [1.807, 2.05) is 0 Å². The SMILES string of the molecule is CCCC1CCC(NC(=O)c2ccc(F)cc2)CC1. The molecule has 2 nitrogen and oxygen atoms in total. The van der Waals surface area contributed by atoms with E-state index in [4.69, 9.17) is 0 Å². The summed E-state index contributed by atoms with van der Waals surface area (Å²) in [4.78, 5) is 12.0. The number of amides is 1. The lowest BCUT2D eigenvalue weighted by Crippen LogP contribution is -2.37. The van der Waals surface area contributed by atoms with Crippen molar-refractivity contribution in [3.8, 4) is 0 Å². The highest BCUT2D eigenvalue weighted by Gasteiger charge is 2.22. The Hall–Kier alpha value is -1.38. The summed E-state index contributed by atoms with van der Waals surface area (Å²) >= 11 is 0. The van der Waals surface area contributed by atoms with E-state index in [1.165, 1.54) is 49.9 Å². The summed E-state index contributed by atoms with van der Waals surface area (Å²) in [6.45, 7) is 2.22. The van der Waals surface area contributed by atoms with Crippen LogP contribution in [0.1, 0.15) is 55.8 Å². The standard InChI is InChI=1S/C16H22FNO/c1-2-3-12-4-10-15(11-5-12)18-16(19)13-6-8-14(17)9-7-13/h6-9,12,15H,2-5,10-11H2,1H3,(H,18,19). The Morgan fingerprint density at radius 1 is 1.21 bits per heavy atom. The first-order valence-corrected chi connectivity index (χ1v) is 7.25. The van der Waals surface area contributed by atoms with Gasteiger partial charge in [0.1, 0.15) is 5.82 Å². The monoisotopic (exact) mass is 263 g/mol. The van der Waals surface area contributed by atoms with E-state index in [9.17, 15) is 9.18 Å². The summed E-state index contributed by atoms with van der Waals surface area (Å²) in [7, 11) is 0. The zero-order valence-corrected chi connectivity index (χ0v) is 11.5. The zero-order chi connectivity index (χ0) is 13.7. The van der Waals surface area contributed by atoms with E-state index in [1.54, 1.807) is 0 Å². The number of hydrogen-bond acceptors (Lipinski definition) is 1. The summed E-state index contributed by atoms with van der Waals surface area (Å²) in [5, 5.41) is 3.06. The van der Waals surface area contributed by atoms with Gasteiger partial charge in [-0.05, 0) is 55.9 Å². The van der Waals surface area contributed by atoms with Gasteiger partial charge in [-0.2, -0.15) is 0 Å². The smallest absolute Gasteiger partial charge is 0.251 e. The van der Waals surface area contributed by atoms with Gasteiger partial charge in [-0.25, -0.2) is 4.39 Å². The molecule has 0 atom stereocenters. The summed E-state index contributed by atoms with van der Waals surface area (Å²) in [5.74, 6) is 0.444. The van der Waals surface area contributed by atoms with Crippen LogP contribution in [0.25, 0.3) is 0 Å². The summed E-state index contributed by atoms with van der Waals surface area (Å²) < 4.78 is 12.8. The Kier molecular flexibility index (Phi) is 4.94. The number of carbonyl (C=O) groups is 1. The van der Waals surface area contributed by atoms with Gasteiger partial charge in [0.25, 0.3) is 5.91 Å². The van der Waals surface area contributed by atoms with Crippen LogP contribution < -0.4 is 5.32 Å². The van der Waals surface area contributed by atoms with Crippen molar-refractivity contribution in [3.63, 3.8) is 0 Å². The molecular formula is C16H22FNO. The largest absolute Gasteiger partial charge is 0.349 e. The average Bonchev–Trinajstić information content (AvgIpc) is 2.42. The van der Waals surface area contributed by atoms with Gasteiger partial charge in [0.2, 0.25) is 0 Å². The average molecular weight is 263 g/mol. The normalized spacial score (nSPS) is 23.1. The molecule has 1 aromatic rings. The van der Waals surface area contributed by atoms with E-state index < -0.39 is 0 Å². The molecule has 0 aromatic heterocycles. The van der Waals surface area contributed by atoms with Crippen molar-refractivity contribution in [3.05, 3.63) is 35.6 Å². The molecule has 19 heavy (non-hydrogen) atoms. The number of halogens is 1. The van der Waals surface area contributed by atoms with Crippen molar-refractivity contribution in [2.45, 2.75) is 51.5 Å². The Bertz CT molecular complexity index is 407. The second-order valence-electron chi connectivity index (χ2n) is 5.49. The molecule has 1 aliphatic carbocycles. The van der Waals surface area contributed by atoms with Crippen molar-refractivity contribution in [1.29, 1.82) is 0 Å². The minimum atomic E-state index is -0.309. The molecular weight excluding hydrogens is 241 g/mol. The third-order valence-electron chi connectivity index (χ3n) is 3.99. The maximum atomic E-state index is 12.8. The molecule has 0 radical (unpaired) electrons. The van der Waals surface area contributed by atoms with Gasteiger partial charge < -0.3 is 5.32 Å². The third kappa shape index (κ3) is 4.05. The van der Waals surface area contributed by atoms with Gasteiger partial charge in [-0.1, -0.05) is 19.8 Å². The fraction of sp³-hybridized carbons (Fsp3) is 0.562. The maximum absolute atomic E-state index is 12.8. The Balaban J connectivity index is 1.82. The molecule has 3 heteroatoms. The van der Waals surface area contributed by atoms with Crippen LogP contribution in [0.15, 0.2) is 24.3 Å². The number of carbonyl (C=O) groups excluding carboxylic acids is 1. The molecule has 1 aliphatic rings. The van der Waals surface area contributed by atoms with Crippen LogP contribution in [0, 0.1) is 11.7 Å². The lowest BCUT2D eigenvalue weighted by Gasteiger charge is -2.28. The lowest BCUT2D eigenvalue weighted by atomic mass is 9.83. The molecule has 0 heterocycles. The van der Waals surface area contributed by atoms with Crippen LogP contribution in [0.4, 0.5) is 4.39 Å². The molecule has 1 aromatic carbocycles. The minimum Gasteiger partial charge on any atom is -0.349 e. The Morgan fingerprint density at radius 2 is 1.84 bits per heavy atom. The minimum absolute atomic E-state index is 0.0843. The molecule has 0 spiro atoms. The van der Waals surface area contributed by atoms with Gasteiger partial charge in [0.05, 0.1) is 0 Å². The van der Waals surface area contributed by atoms with E-state index >= 15 is 0 Å². The van der Waals surface area contributed by atoms with Gasteiger partial charge >= 0.3 is 0 Å². The fourth-order valence-electron chi connectivity index (χ4n) is 2.87. The predicted molar refractivity (Wildman–Crippen MR) is 74.5 cm³/mol. The first-order valence-electron chi connectivity index (χ1n) is 7.25. The molecule has 1 amide bonds. The van der Waals surface area contributed by atoms with Crippen LogP contribution >= 0.6 is 0 Å². The van der Waals surface area contributed by atoms with E-state index in [0.717, 1.165) is 18.8 Å². The summed E-state index contributed by atoms with van der Waals surface area (Å²) in [5.41, 5.74) is 0.539. The number of benzene rings is 1. The molecule has 104 valence electrons. The first-order chi connectivity index (χ1) is 9.19. The molecule has 0 bridgehead atoms. The van der Waals surface area contributed by atoms with Gasteiger partial charge in [0.15, 0.2) is 0 Å². The highest BCUT2D eigenvalue weighted by Crippen LogP contribution is 2.27. The molecule has 1 saturated carbocycles. The van der Waals surface area contributed by atoms with Crippen molar-refractivity contribution < 1.29 is 9.18 Å². The maximum Gasteiger partial charge on any atom is 0.251 e. The second kappa shape index (κ2) is 6.69. The van der Waals surface area contributed by atoms with Crippen LogP contribution in [0.3, 0.4) is 0 Å². The van der Waals surface area contributed by atoms with Crippen molar-refractivity contribution in [2.75, 3.05) is 0 Å². The fourth-order valence-corrected chi connectivity index (χ4v) is 2.87. The zero-order valence-electron chi connectivity index (χ0n) is 11.5. The number of hydrogen-bond donors (Lipinski definition) is 1. The predicted octanol–water partition coefficient (Wildman–Crippen LogP) is 3.91. The molecule has 1 fully saturated rings. The van der Waals surface area contributed by atoms with Crippen molar-refractivity contribution >= 4 is 5.91 Å². The van der Waals surface area contributed by atoms with Crippen molar-refractivity contribution in [2.24, 2.45) is 5.92 Å². The van der Waals surface area contributed by atoms with Gasteiger partial charge in [0, 0.05) is 11.6 Å². The van der Waals surface area contributed by atoms with E-state index in [-0.39, 0.29) is 17.8 Å². The molecule has 0 aliphatic heterocycles. The molecule has 0 saturated heterocycles. The highest BCUT2D eigenvalue weighted by atomic mass is 19.1. The van der Waals surface area contributed by atoms with Crippen LogP contribution in [0.2, 0.25) is 0 Å². The number of nitrogens with one attached hydrogen (secondary N) is 1. The third-order valence-corrected chi connectivity index (χ3v) is 3.99. The highest BCUT2D eigenvalue weighted by molar-refractivity contribution is 5.94. The van der Waals surface area contributed by atoms with Crippen LogP contribution in [-0.2, 0) is 0 Å². The molecule has 2 rings (SSSR count). The number of rotatable bonds is 4. The quantitative estimate of drug-likeness (QED) is 0.876. The molecule has 0 unspecified atom stereocenters. The summed E-state index contributed by atoms with van der Waals surface area (Å²) in [6.07, 6.45) is 7.11.